The number of esters is 1. The monoisotopic (exact) mass is 421 g/mol. The number of benzene rings is 2. The summed E-state index contributed by atoms with van der Waals surface area (Å²) in [6, 6.07) is 12.0. The molecule has 0 amide bonds. The molecule has 1 aliphatic rings. The molecule has 2 aromatic carbocycles. The first-order valence-electron chi connectivity index (χ1n) is 11.0. The zero-order valence-corrected chi connectivity index (χ0v) is 18.1. The molecule has 0 fully saturated rings. The third kappa shape index (κ3) is 4.14. The first-order valence-corrected chi connectivity index (χ1v) is 11.0. The summed E-state index contributed by atoms with van der Waals surface area (Å²) in [7, 11) is 1.35. The van der Waals surface area contributed by atoms with Gasteiger partial charge in [0.05, 0.1) is 18.2 Å². The Morgan fingerprint density at radius 1 is 1.16 bits per heavy atom. The van der Waals surface area contributed by atoms with Gasteiger partial charge < -0.3 is 9.30 Å². The SMILES string of the molecule is CCCCCC1CC(=O)c2c(n(Cc3cccc(F)c3)c3cccc(C(=O)OC)c23)C1. The molecule has 1 aliphatic carbocycles. The van der Waals surface area contributed by atoms with Gasteiger partial charge in [-0.3, -0.25) is 4.79 Å². The number of Topliss-reactive ketones (excluding diaryl/α,β-unsaturated/α-hetero) is 1. The summed E-state index contributed by atoms with van der Waals surface area (Å²) in [5.41, 5.74) is 3.64. The molecular weight excluding hydrogens is 393 g/mol. The molecule has 31 heavy (non-hydrogen) atoms. The zero-order valence-electron chi connectivity index (χ0n) is 18.1. The highest BCUT2D eigenvalue weighted by Crippen LogP contribution is 2.38. The van der Waals surface area contributed by atoms with E-state index in [0.29, 0.717) is 35.4 Å². The van der Waals surface area contributed by atoms with Crippen LogP contribution in [0.3, 0.4) is 0 Å². The molecule has 1 heterocycles. The number of aromatic nitrogens is 1. The highest BCUT2D eigenvalue weighted by atomic mass is 19.1. The minimum Gasteiger partial charge on any atom is -0.465 e. The second kappa shape index (κ2) is 9.04. The van der Waals surface area contributed by atoms with Crippen molar-refractivity contribution in [3.8, 4) is 0 Å². The topological polar surface area (TPSA) is 48.3 Å². The number of methoxy groups -OCH3 is 1. The van der Waals surface area contributed by atoms with Crippen LogP contribution in [0.25, 0.3) is 10.9 Å². The number of nitrogens with zero attached hydrogens (tertiary/aromatic N) is 1. The van der Waals surface area contributed by atoms with Crippen molar-refractivity contribution in [2.45, 2.75) is 52.0 Å². The highest BCUT2D eigenvalue weighted by molar-refractivity contribution is 6.16. The van der Waals surface area contributed by atoms with Gasteiger partial charge >= 0.3 is 5.97 Å². The molecule has 4 nitrogen and oxygen atoms in total. The van der Waals surface area contributed by atoms with E-state index in [-0.39, 0.29) is 11.6 Å². The van der Waals surface area contributed by atoms with Crippen LogP contribution in [0.2, 0.25) is 0 Å². The summed E-state index contributed by atoms with van der Waals surface area (Å²) in [5, 5.41) is 0.665. The average Bonchev–Trinajstić information content (AvgIpc) is 3.07. The number of ether oxygens (including phenoxy) is 1. The van der Waals surface area contributed by atoms with Gasteiger partial charge in [-0.15, -0.1) is 0 Å². The van der Waals surface area contributed by atoms with E-state index in [0.717, 1.165) is 48.9 Å². The normalized spacial score (nSPS) is 15.8. The van der Waals surface area contributed by atoms with Crippen molar-refractivity contribution < 1.29 is 18.7 Å². The van der Waals surface area contributed by atoms with Gasteiger partial charge in [0.25, 0.3) is 0 Å². The van der Waals surface area contributed by atoms with Gasteiger partial charge in [-0.1, -0.05) is 44.4 Å². The number of fused-ring (bicyclic) bond motifs is 3. The third-order valence-corrected chi connectivity index (χ3v) is 6.28. The molecule has 0 radical (unpaired) electrons. The fraction of sp³-hybridized carbons (Fsp3) is 0.385. The molecule has 1 unspecified atom stereocenters. The van der Waals surface area contributed by atoms with Crippen molar-refractivity contribution >= 4 is 22.7 Å². The van der Waals surface area contributed by atoms with Crippen LogP contribution in [-0.2, 0) is 17.7 Å². The predicted octanol–water partition coefficient (Wildman–Crippen LogP) is 5.94. The fourth-order valence-corrected chi connectivity index (χ4v) is 4.84. The first-order chi connectivity index (χ1) is 15.0. The van der Waals surface area contributed by atoms with Crippen LogP contribution in [0, 0.1) is 11.7 Å². The Morgan fingerprint density at radius 2 is 1.97 bits per heavy atom. The zero-order chi connectivity index (χ0) is 22.0. The quantitative estimate of drug-likeness (QED) is 0.350. The van der Waals surface area contributed by atoms with Crippen molar-refractivity contribution in [3.05, 3.63) is 70.7 Å². The Bertz CT molecular complexity index is 1130. The van der Waals surface area contributed by atoms with E-state index in [1.807, 2.05) is 18.2 Å². The molecule has 0 aliphatic heterocycles. The molecule has 0 spiro atoms. The van der Waals surface area contributed by atoms with Gasteiger partial charge in [-0.2, -0.15) is 0 Å². The van der Waals surface area contributed by atoms with E-state index in [2.05, 4.69) is 11.5 Å². The van der Waals surface area contributed by atoms with Gasteiger partial charge in [0, 0.05) is 29.6 Å². The van der Waals surface area contributed by atoms with Crippen LogP contribution in [-0.4, -0.2) is 23.4 Å². The lowest BCUT2D eigenvalue weighted by atomic mass is 9.82. The van der Waals surface area contributed by atoms with Crippen LogP contribution in [0.15, 0.2) is 42.5 Å². The molecule has 0 bridgehead atoms. The largest absolute Gasteiger partial charge is 0.465 e. The van der Waals surface area contributed by atoms with Gasteiger partial charge in [-0.25, -0.2) is 9.18 Å². The van der Waals surface area contributed by atoms with Crippen LogP contribution in [0.5, 0.6) is 0 Å². The first kappa shape index (κ1) is 21.3. The Labute approximate surface area is 182 Å². The smallest absolute Gasteiger partial charge is 0.338 e. The van der Waals surface area contributed by atoms with E-state index >= 15 is 0 Å². The molecular formula is C26H28FNO3. The maximum absolute atomic E-state index is 13.8. The summed E-state index contributed by atoms with van der Waals surface area (Å²) in [5.74, 6) is -0.355. The number of halogens is 1. The minimum atomic E-state index is -0.450. The lowest BCUT2D eigenvalue weighted by Gasteiger charge is -2.24. The second-order valence-electron chi connectivity index (χ2n) is 8.42. The summed E-state index contributed by atoms with van der Waals surface area (Å²) in [6.07, 6.45) is 5.73. The number of ketones is 1. The number of carbonyl (C=O) groups is 2. The van der Waals surface area contributed by atoms with Crippen LogP contribution in [0.4, 0.5) is 4.39 Å². The van der Waals surface area contributed by atoms with Crippen molar-refractivity contribution in [1.82, 2.24) is 4.57 Å². The summed E-state index contributed by atoms with van der Waals surface area (Å²) >= 11 is 0. The molecule has 4 rings (SSSR count). The highest BCUT2D eigenvalue weighted by Gasteiger charge is 2.33. The third-order valence-electron chi connectivity index (χ3n) is 6.28. The Morgan fingerprint density at radius 3 is 2.71 bits per heavy atom. The van der Waals surface area contributed by atoms with Gasteiger partial charge in [-0.05, 0) is 48.6 Å². The van der Waals surface area contributed by atoms with Crippen LogP contribution < -0.4 is 0 Å². The van der Waals surface area contributed by atoms with Crippen molar-refractivity contribution in [1.29, 1.82) is 0 Å². The lowest BCUT2D eigenvalue weighted by molar-refractivity contribution is 0.0603. The minimum absolute atomic E-state index is 0.0853. The average molecular weight is 422 g/mol. The Hall–Kier alpha value is -2.95. The summed E-state index contributed by atoms with van der Waals surface area (Å²) < 4.78 is 20.9. The van der Waals surface area contributed by atoms with Crippen molar-refractivity contribution in [2.75, 3.05) is 7.11 Å². The lowest BCUT2D eigenvalue weighted by Crippen LogP contribution is -2.22. The molecule has 1 aromatic heterocycles. The van der Waals surface area contributed by atoms with Gasteiger partial charge in [0.2, 0.25) is 0 Å². The predicted molar refractivity (Wildman–Crippen MR) is 119 cm³/mol. The molecule has 3 aromatic rings. The molecule has 0 N–H and O–H groups in total. The Balaban J connectivity index is 1.86. The molecule has 1 atom stereocenters. The number of unbranched alkanes of at least 4 members (excludes halogenated alkanes) is 2. The van der Waals surface area contributed by atoms with Crippen molar-refractivity contribution in [2.24, 2.45) is 5.92 Å². The number of hydrogen-bond donors (Lipinski definition) is 0. The van der Waals surface area contributed by atoms with E-state index in [4.69, 9.17) is 4.74 Å². The van der Waals surface area contributed by atoms with E-state index in [9.17, 15) is 14.0 Å². The van der Waals surface area contributed by atoms with Crippen LogP contribution >= 0.6 is 0 Å². The molecule has 0 saturated heterocycles. The van der Waals surface area contributed by atoms with E-state index < -0.39 is 5.97 Å². The number of rotatable bonds is 7. The molecule has 5 heteroatoms. The fourth-order valence-electron chi connectivity index (χ4n) is 4.84. The maximum atomic E-state index is 13.8. The number of hydrogen-bond acceptors (Lipinski definition) is 3. The van der Waals surface area contributed by atoms with E-state index in [1.165, 1.54) is 19.2 Å². The molecule has 162 valence electrons. The number of carbonyl (C=O) groups excluding carboxylic acids is 2. The Kier molecular flexibility index (Phi) is 6.21. The van der Waals surface area contributed by atoms with Crippen molar-refractivity contribution in [3.63, 3.8) is 0 Å². The summed E-state index contributed by atoms with van der Waals surface area (Å²) in [4.78, 5) is 25.8. The standard InChI is InChI=1S/C26H28FNO3/c1-3-4-5-8-17-14-22-25(23(29)15-17)24-20(26(30)31-2)11-7-12-21(24)28(22)16-18-9-6-10-19(27)13-18/h6-7,9-13,17H,3-5,8,14-16H2,1-2H3. The van der Waals surface area contributed by atoms with E-state index in [1.54, 1.807) is 12.1 Å². The van der Waals surface area contributed by atoms with Gasteiger partial charge in [0.15, 0.2) is 5.78 Å². The second-order valence-corrected chi connectivity index (χ2v) is 8.42. The van der Waals surface area contributed by atoms with Gasteiger partial charge in [0.1, 0.15) is 5.82 Å². The summed E-state index contributed by atoms with van der Waals surface area (Å²) in [6.45, 7) is 2.62. The van der Waals surface area contributed by atoms with Crippen LogP contribution in [0.1, 0.15) is 71.0 Å². The molecule has 0 saturated carbocycles. The maximum Gasteiger partial charge on any atom is 0.338 e.